The van der Waals surface area contributed by atoms with Crippen LogP contribution in [-0.2, 0) is 0 Å². The topological polar surface area (TPSA) is 12.5 Å². The summed E-state index contributed by atoms with van der Waals surface area (Å²) < 4.78 is 8.87. The third-order valence-electron chi connectivity index (χ3n) is 10.2. The first-order valence-electron chi connectivity index (χ1n) is 17.5. The van der Waals surface area contributed by atoms with Crippen molar-refractivity contribution < 1.29 is 4.74 Å². The zero-order valence-corrected chi connectivity index (χ0v) is 28.6. The molecule has 2 heterocycles. The van der Waals surface area contributed by atoms with Gasteiger partial charge >= 0.3 is 0 Å². The Morgan fingerprint density at radius 1 is 0.431 bits per heavy atom. The van der Waals surface area contributed by atoms with Crippen LogP contribution in [0.2, 0.25) is 0 Å². The van der Waals surface area contributed by atoms with Crippen molar-refractivity contribution in [3.8, 4) is 39.1 Å². The van der Waals surface area contributed by atoms with E-state index in [1.165, 1.54) is 59.1 Å². The summed E-state index contributed by atoms with van der Waals surface area (Å²) in [6.45, 7) is 0. The monoisotopic (exact) mass is 671 g/mol. The number of allylic oxidation sites excluding steroid dienone is 2. The van der Waals surface area contributed by atoms with E-state index in [1.54, 1.807) is 0 Å². The van der Waals surface area contributed by atoms with E-state index in [0.29, 0.717) is 0 Å². The number of benzene rings is 7. The molecule has 51 heavy (non-hydrogen) atoms. The maximum absolute atomic E-state index is 6.21. The molecule has 0 saturated carbocycles. The van der Waals surface area contributed by atoms with Gasteiger partial charge in [0, 0.05) is 48.7 Å². The van der Waals surface area contributed by atoms with Crippen LogP contribution in [0.25, 0.3) is 53.6 Å². The van der Waals surface area contributed by atoms with E-state index < -0.39 is 0 Å². The van der Waals surface area contributed by atoms with Crippen LogP contribution in [0.1, 0.15) is 11.5 Å². The summed E-state index contributed by atoms with van der Waals surface area (Å²) in [6, 6.07) is 59.5. The Labute approximate surface area is 301 Å². The first-order valence-corrected chi connectivity index (χ1v) is 18.3. The minimum atomic E-state index is 0.0919. The Morgan fingerprint density at radius 3 is 1.67 bits per heavy atom. The summed E-state index contributed by atoms with van der Waals surface area (Å²) in [4.78, 5) is 2.35. The van der Waals surface area contributed by atoms with Gasteiger partial charge in [0.1, 0.15) is 11.9 Å². The number of ether oxygens (including phenoxy) is 1. The van der Waals surface area contributed by atoms with Gasteiger partial charge in [0.15, 0.2) is 0 Å². The highest BCUT2D eigenvalue weighted by molar-refractivity contribution is 7.25. The van der Waals surface area contributed by atoms with E-state index in [9.17, 15) is 0 Å². The first-order chi connectivity index (χ1) is 25.2. The van der Waals surface area contributed by atoms with Crippen molar-refractivity contribution in [3.05, 3.63) is 194 Å². The summed E-state index contributed by atoms with van der Waals surface area (Å²) in [6.07, 6.45) is 8.69. The van der Waals surface area contributed by atoms with Gasteiger partial charge in [-0.2, -0.15) is 0 Å². The maximum Gasteiger partial charge on any atom is 0.128 e. The number of hydrogen-bond acceptors (Lipinski definition) is 3. The molecule has 0 N–H and O–H groups in total. The fourth-order valence-corrected chi connectivity index (χ4v) is 8.70. The van der Waals surface area contributed by atoms with Gasteiger partial charge in [-0.1, -0.05) is 115 Å². The van der Waals surface area contributed by atoms with Crippen LogP contribution in [0.4, 0.5) is 17.1 Å². The zero-order valence-electron chi connectivity index (χ0n) is 27.8. The summed E-state index contributed by atoms with van der Waals surface area (Å²) in [7, 11) is 0. The van der Waals surface area contributed by atoms with Crippen LogP contribution in [-0.4, -0.2) is 6.10 Å². The van der Waals surface area contributed by atoms with Crippen LogP contribution in [0.15, 0.2) is 188 Å². The Morgan fingerprint density at radius 2 is 0.961 bits per heavy atom. The van der Waals surface area contributed by atoms with Crippen molar-refractivity contribution in [2.45, 2.75) is 12.0 Å². The van der Waals surface area contributed by atoms with Crippen molar-refractivity contribution in [3.63, 3.8) is 0 Å². The molecule has 2 nitrogen and oxygen atoms in total. The van der Waals surface area contributed by atoms with Gasteiger partial charge in [-0.3, -0.25) is 0 Å². The predicted octanol–water partition coefficient (Wildman–Crippen LogP) is 13.5. The van der Waals surface area contributed by atoms with Crippen LogP contribution in [0.3, 0.4) is 0 Å². The molecule has 2 unspecified atom stereocenters. The lowest BCUT2D eigenvalue weighted by atomic mass is 9.90. The average Bonchev–Trinajstić information content (AvgIpc) is 3.77. The van der Waals surface area contributed by atoms with Crippen LogP contribution < -0.4 is 9.64 Å². The molecule has 10 rings (SSSR count). The van der Waals surface area contributed by atoms with Crippen molar-refractivity contribution in [2.75, 3.05) is 4.90 Å². The van der Waals surface area contributed by atoms with E-state index in [0.717, 1.165) is 22.8 Å². The number of hydrogen-bond donors (Lipinski definition) is 0. The fourth-order valence-electron chi connectivity index (χ4n) is 7.61. The van der Waals surface area contributed by atoms with E-state index in [2.05, 4.69) is 193 Å². The number of fused-ring (bicyclic) bond motifs is 6. The highest BCUT2D eigenvalue weighted by Crippen LogP contribution is 2.44. The number of nitrogens with zero attached hydrogens (tertiary/aromatic N) is 1. The Bertz CT molecular complexity index is 2600. The molecular weight excluding hydrogens is 639 g/mol. The van der Waals surface area contributed by atoms with E-state index in [-0.39, 0.29) is 12.0 Å². The molecule has 2 aliphatic rings. The first kappa shape index (κ1) is 29.7. The fraction of sp³-hybridized carbons (Fsp3) is 0.0417. The molecule has 7 aromatic carbocycles. The largest absolute Gasteiger partial charge is 0.485 e. The van der Waals surface area contributed by atoms with Crippen LogP contribution in [0, 0.1) is 0 Å². The zero-order chi connectivity index (χ0) is 33.7. The Kier molecular flexibility index (Phi) is 7.18. The van der Waals surface area contributed by atoms with Crippen molar-refractivity contribution in [1.82, 2.24) is 0 Å². The minimum Gasteiger partial charge on any atom is -0.485 e. The van der Waals surface area contributed by atoms with Gasteiger partial charge in [-0.05, 0) is 106 Å². The van der Waals surface area contributed by atoms with Crippen LogP contribution >= 0.6 is 11.3 Å². The van der Waals surface area contributed by atoms with Gasteiger partial charge < -0.3 is 9.64 Å². The standard InChI is InChI=1S/C48H33NOS/c1-2-8-32(9-3-1)33-14-22-38(23-15-33)49(39-24-16-34(17-25-39)36-20-28-46-43(30-36)41-10-4-6-12-45(41)50-46)40-26-18-35(19-27-40)37-21-29-48-44(31-37)42-11-5-7-13-47(42)51-48/h1-31,41,45H. The molecule has 0 spiro atoms. The van der Waals surface area contributed by atoms with E-state index >= 15 is 0 Å². The van der Waals surface area contributed by atoms with E-state index in [4.69, 9.17) is 4.74 Å². The number of anilines is 3. The third-order valence-corrected chi connectivity index (χ3v) is 11.4. The van der Waals surface area contributed by atoms with Gasteiger partial charge in [0.25, 0.3) is 0 Å². The second-order valence-corrected chi connectivity index (χ2v) is 14.4. The summed E-state index contributed by atoms with van der Waals surface area (Å²) in [5.74, 6) is 1.26. The van der Waals surface area contributed by atoms with Gasteiger partial charge in [-0.25, -0.2) is 0 Å². The molecule has 8 aromatic rings. The lowest BCUT2D eigenvalue weighted by Gasteiger charge is -2.26. The number of rotatable bonds is 6. The molecule has 2 atom stereocenters. The molecule has 1 aliphatic carbocycles. The summed E-state index contributed by atoms with van der Waals surface area (Å²) >= 11 is 1.86. The number of thiophene rings is 1. The molecular formula is C48H33NOS. The summed E-state index contributed by atoms with van der Waals surface area (Å²) in [5.41, 5.74) is 11.8. The predicted molar refractivity (Wildman–Crippen MR) is 216 cm³/mol. The van der Waals surface area contributed by atoms with E-state index in [1.807, 2.05) is 11.3 Å². The van der Waals surface area contributed by atoms with Gasteiger partial charge in [0.05, 0.1) is 0 Å². The smallest absolute Gasteiger partial charge is 0.128 e. The molecule has 0 saturated heterocycles. The molecule has 3 heteroatoms. The second-order valence-electron chi connectivity index (χ2n) is 13.3. The maximum atomic E-state index is 6.21. The second kappa shape index (κ2) is 12.3. The average molecular weight is 672 g/mol. The molecule has 0 bridgehead atoms. The summed E-state index contributed by atoms with van der Waals surface area (Å²) in [5, 5.41) is 2.64. The molecule has 1 aliphatic heterocycles. The minimum absolute atomic E-state index is 0.0919. The Hall–Kier alpha value is -6.16. The van der Waals surface area contributed by atoms with Gasteiger partial charge in [-0.15, -0.1) is 11.3 Å². The van der Waals surface area contributed by atoms with Gasteiger partial charge in [0.2, 0.25) is 0 Å². The lowest BCUT2D eigenvalue weighted by Crippen LogP contribution is -2.15. The third kappa shape index (κ3) is 5.34. The lowest BCUT2D eigenvalue weighted by molar-refractivity contribution is 0.269. The van der Waals surface area contributed by atoms with Crippen molar-refractivity contribution in [1.29, 1.82) is 0 Å². The van der Waals surface area contributed by atoms with Crippen molar-refractivity contribution in [2.24, 2.45) is 0 Å². The highest BCUT2D eigenvalue weighted by atomic mass is 32.1. The SMILES string of the molecule is C1=CC2Oc3ccc(-c4ccc(N(c5ccc(-c6ccccc6)cc5)c5ccc(-c6ccc7sc8ccccc8c7c6)cc5)cc4)cc3C2C=C1. The normalized spacial score (nSPS) is 15.8. The molecule has 1 aromatic heterocycles. The molecule has 0 fully saturated rings. The molecule has 0 radical (unpaired) electrons. The molecule has 0 amide bonds. The van der Waals surface area contributed by atoms with Crippen molar-refractivity contribution >= 4 is 48.6 Å². The molecule has 242 valence electrons. The van der Waals surface area contributed by atoms with Crippen LogP contribution in [0.5, 0.6) is 5.75 Å². The highest BCUT2D eigenvalue weighted by Gasteiger charge is 2.32. The quantitative estimate of drug-likeness (QED) is 0.174. The Balaban J connectivity index is 1.00.